The maximum Gasteiger partial charge on any atom is 0.253 e. The fourth-order valence-electron chi connectivity index (χ4n) is 2.86. The van der Waals surface area contributed by atoms with Crippen LogP contribution >= 0.6 is 0 Å². The van der Waals surface area contributed by atoms with Gasteiger partial charge in [0.15, 0.2) is 0 Å². The molecule has 1 aliphatic rings. The Hall–Kier alpha value is -2.56. The molecule has 0 radical (unpaired) electrons. The van der Waals surface area contributed by atoms with E-state index in [0.717, 1.165) is 30.6 Å². The molecule has 114 valence electrons. The number of aromatic nitrogens is 1. The van der Waals surface area contributed by atoms with Crippen LogP contribution in [0.1, 0.15) is 40.4 Å². The Morgan fingerprint density at radius 3 is 3.00 bits per heavy atom. The van der Waals surface area contributed by atoms with Crippen LogP contribution in [0.2, 0.25) is 0 Å². The van der Waals surface area contributed by atoms with Crippen LogP contribution in [0.3, 0.4) is 0 Å². The van der Waals surface area contributed by atoms with E-state index in [1.807, 2.05) is 18.2 Å². The first-order chi connectivity index (χ1) is 10.7. The Bertz CT molecular complexity index is 700. The third-order valence-corrected chi connectivity index (χ3v) is 3.96. The predicted octanol–water partition coefficient (Wildman–Crippen LogP) is 2.60. The summed E-state index contributed by atoms with van der Waals surface area (Å²) in [5.74, 6) is 0.599. The van der Waals surface area contributed by atoms with Crippen LogP contribution in [0.25, 0.3) is 0 Å². The summed E-state index contributed by atoms with van der Waals surface area (Å²) in [4.78, 5) is 16.1. The number of carbonyl (C=O) groups is 1. The zero-order chi connectivity index (χ0) is 15.5. The molecule has 22 heavy (non-hydrogen) atoms. The van der Waals surface area contributed by atoms with Gasteiger partial charge in [0.25, 0.3) is 5.91 Å². The van der Waals surface area contributed by atoms with Gasteiger partial charge < -0.3 is 15.2 Å². The molecule has 1 aliphatic carbocycles. The molecule has 0 saturated carbocycles. The average molecular weight is 298 g/mol. The number of hydrogen-bond acceptors (Lipinski definition) is 4. The van der Waals surface area contributed by atoms with Gasteiger partial charge in [-0.05, 0) is 48.6 Å². The quantitative estimate of drug-likeness (QED) is 0.913. The summed E-state index contributed by atoms with van der Waals surface area (Å²) in [5.41, 5.74) is 2.71. The maximum atomic E-state index is 12.3. The number of amides is 1. The van der Waals surface area contributed by atoms with E-state index in [1.165, 1.54) is 24.0 Å². The van der Waals surface area contributed by atoms with Gasteiger partial charge >= 0.3 is 0 Å². The van der Waals surface area contributed by atoms with E-state index < -0.39 is 0 Å². The lowest BCUT2D eigenvalue weighted by molar-refractivity contribution is 0.0932. The maximum absolute atomic E-state index is 12.3. The largest absolute Gasteiger partial charge is 0.506 e. The first kappa shape index (κ1) is 14.4. The molecule has 5 heteroatoms. The molecule has 0 saturated heterocycles. The van der Waals surface area contributed by atoms with Crippen molar-refractivity contribution in [1.29, 1.82) is 0 Å². The molecule has 1 heterocycles. The molecule has 2 N–H and O–H groups in total. The summed E-state index contributed by atoms with van der Waals surface area (Å²) in [7, 11) is 1.65. The molecule has 0 aliphatic heterocycles. The molecule has 1 atom stereocenters. The summed E-state index contributed by atoms with van der Waals surface area (Å²) in [6.45, 7) is 0. The van der Waals surface area contributed by atoms with Gasteiger partial charge in [-0.3, -0.25) is 9.78 Å². The minimum absolute atomic E-state index is 0.0126. The van der Waals surface area contributed by atoms with Gasteiger partial charge in [-0.2, -0.15) is 0 Å². The highest BCUT2D eigenvalue weighted by molar-refractivity contribution is 5.94. The number of aromatic hydroxyl groups is 1. The molecule has 0 bridgehead atoms. The lowest BCUT2D eigenvalue weighted by Gasteiger charge is -2.26. The van der Waals surface area contributed by atoms with Crippen molar-refractivity contribution in [1.82, 2.24) is 10.3 Å². The van der Waals surface area contributed by atoms with Gasteiger partial charge in [-0.1, -0.05) is 6.07 Å². The van der Waals surface area contributed by atoms with Crippen LogP contribution in [-0.2, 0) is 6.42 Å². The normalized spacial score (nSPS) is 16.7. The van der Waals surface area contributed by atoms with Crippen LogP contribution in [0, 0.1) is 0 Å². The highest BCUT2D eigenvalue weighted by Crippen LogP contribution is 2.32. The summed E-state index contributed by atoms with van der Waals surface area (Å²) >= 11 is 0. The number of rotatable bonds is 3. The molecule has 0 unspecified atom stereocenters. The van der Waals surface area contributed by atoms with Crippen molar-refractivity contribution in [3.8, 4) is 11.5 Å². The molecule has 2 aromatic rings. The number of nitrogens with one attached hydrogen (secondary N) is 1. The van der Waals surface area contributed by atoms with E-state index in [-0.39, 0.29) is 17.7 Å². The topological polar surface area (TPSA) is 71.5 Å². The van der Waals surface area contributed by atoms with Crippen molar-refractivity contribution < 1.29 is 14.6 Å². The van der Waals surface area contributed by atoms with Crippen LogP contribution < -0.4 is 10.1 Å². The minimum Gasteiger partial charge on any atom is -0.506 e. The van der Waals surface area contributed by atoms with E-state index in [9.17, 15) is 9.90 Å². The third kappa shape index (κ3) is 2.88. The number of methoxy groups -OCH3 is 1. The molecule has 0 fully saturated rings. The van der Waals surface area contributed by atoms with Gasteiger partial charge in [0.05, 0.1) is 24.9 Å². The van der Waals surface area contributed by atoms with Gasteiger partial charge in [-0.25, -0.2) is 0 Å². The number of carbonyl (C=O) groups excluding carboxylic acids is 1. The van der Waals surface area contributed by atoms with Crippen molar-refractivity contribution in [3.63, 3.8) is 0 Å². The number of pyridine rings is 1. The van der Waals surface area contributed by atoms with E-state index in [2.05, 4.69) is 10.3 Å². The van der Waals surface area contributed by atoms with Crippen molar-refractivity contribution >= 4 is 5.91 Å². The van der Waals surface area contributed by atoms with Crippen LogP contribution in [0.4, 0.5) is 0 Å². The van der Waals surface area contributed by atoms with Crippen LogP contribution in [0.15, 0.2) is 36.7 Å². The second-order valence-corrected chi connectivity index (χ2v) is 5.41. The second kappa shape index (κ2) is 6.05. The van der Waals surface area contributed by atoms with Crippen LogP contribution in [-0.4, -0.2) is 23.1 Å². The highest BCUT2D eigenvalue weighted by atomic mass is 16.5. The smallest absolute Gasteiger partial charge is 0.253 e. The number of ether oxygens (including phenoxy) is 1. The molecule has 1 aromatic heterocycles. The fourth-order valence-corrected chi connectivity index (χ4v) is 2.86. The van der Waals surface area contributed by atoms with E-state index in [1.54, 1.807) is 7.11 Å². The van der Waals surface area contributed by atoms with Gasteiger partial charge in [0, 0.05) is 6.20 Å². The number of fused-ring (bicyclic) bond motifs is 1. The zero-order valence-electron chi connectivity index (χ0n) is 12.4. The fraction of sp³-hybridized carbons (Fsp3) is 0.294. The average Bonchev–Trinajstić information content (AvgIpc) is 2.54. The Labute approximate surface area is 129 Å². The number of aryl methyl sites for hydroxylation is 1. The number of hydrogen-bond donors (Lipinski definition) is 2. The molecule has 1 amide bonds. The predicted molar refractivity (Wildman–Crippen MR) is 82.0 cm³/mol. The van der Waals surface area contributed by atoms with Crippen molar-refractivity contribution in [3.05, 3.63) is 53.3 Å². The molecule has 3 rings (SSSR count). The Balaban J connectivity index is 1.81. The highest BCUT2D eigenvalue weighted by Gasteiger charge is 2.22. The van der Waals surface area contributed by atoms with Crippen LogP contribution in [0.5, 0.6) is 11.5 Å². The second-order valence-electron chi connectivity index (χ2n) is 5.41. The first-order valence-electron chi connectivity index (χ1n) is 7.29. The minimum atomic E-state index is -0.225. The molecule has 5 nitrogen and oxygen atoms in total. The summed E-state index contributed by atoms with van der Waals surface area (Å²) in [6, 6.07) is 7.35. The zero-order valence-corrected chi connectivity index (χ0v) is 12.4. The van der Waals surface area contributed by atoms with E-state index in [0.29, 0.717) is 5.56 Å². The first-order valence-corrected chi connectivity index (χ1v) is 7.29. The number of benzene rings is 1. The van der Waals surface area contributed by atoms with Gasteiger partial charge in [-0.15, -0.1) is 0 Å². The van der Waals surface area contributed by atoms with E-state index >= 15 is 0 Å². The summed E-state index contributed by atoms with van der Waals surface area (Å²) < 4.78 is 5.26. The number of nitrogens with zero attached hydrogens (tertiary/aromatic N) is 1. The van der Waals surface area contributed by atoms with Crippen molar-refractivity contribution in [2.45, 2.75) is 25.3 Å². The molecular weight excluding hydrogens is 280 g/mol. The van der Waals surface area contributed by atoms with Gasteiger partial charge in [0.2, 0.25) is 0 Å². The summed E-state index contributed by atoms with van der Waals surface area (Å²) in [6.07, 6.45) is 5.67. The molecule has 1 aromatic carbocycles. The lowest BCUT2D eigenvalue weighted by Crippen LogP contribution is -2.31. The molecular formula is C17H18N2O3. The van der Waals surface area contributed by atoms with E-state index in [4.69, 9.17) is 4.74 Å². The molecule has 0 spiro atoms. The lowest BCUT2D eigenvalue weighted by atomic mass is 9.87. The third-order valence-electron chi connectivity index (χ3n) is 3.96. The van der Waals surface area contributed by atoms with Crippen molar-refractivity contribution in [2.24, 2.45) is 0 Å². The Morgan fingerprint density at radius 2 is 2.23 bits per heavy atom. The van der Waals surface area contributed by atoms with Gasteiger partial charge in [0.1, 0.15) is 11.5 Å². The Morgan fingerprint density at radius 1 is 1.36 bits per heavy atom. The standard InChI is InChI=1S/C17H18N2O3/c1-22-14-5-6-15-11(8-14)3-2-4-16(15)19-17(21)12-7-13(20)10-18-9-12/h5-10,16,20H,2-4H2,1H3,(H,19,21)/t16-/m1/s1. The monoisotopic (exact) mass is 298 g/mol. The SMILES string of the molecule is COc1ccc2c(c1)CCC[C@H]2NC(=O)c1cncc(O)c1. The van der Waals surface area contributed by atoms with Crippen molar-refractivity contribution in [2.75, 3.05) is 7.11 Å². The Kier molecular flexibility index (Phi) is 3.96. The summed E-state index contributed by atoms with van der Waals surface area (Å²) in [5, 5.41) is 12.5.